The van der Waals surface area contributed by atoms with Crippen molar-refractivity contribution in [3.8, 4) is 0 Å². The maximum absolute atomic E-state index is 11.4. The quantitative estimate of drug-likeness (QED) is 0.586. The molecule has 0 spiro atoms. The first-order valence-electron chi connectivity index (χ1n) is 6.38. The minimum Gasteiger partial charge on any atom is -0.329 e. The van der Waals surface area contributed by atoms with Gasteiger partial charge in [-0.05, 0) is 0 Å². The molecule has 20 heavy (non-hydrogen) atoms. The Morgan fingerprint density at radius 3 is 2.55 bits per heavy atom. The zero-order valence-electron chi connectivity index (χ0n) is 11.3. The third-order valence-electron chi connectivity index (χ3n) is 3.47. The molecule has 0 aromatic heterocycles. The molecule has 0 amide bonds. The number of non-ortho nitro benzene ring substituents is 1. The van der Waals surface area contributed by atoms with E-state index in [-0.39, 0.29) is 5.69 Å². The van der Waals surface area contributed by atoms with Crippen molar-refractivity contribution in [3.05, 3.63) is 39.9 Å². The predicted octanol–water partition coefficient (Wildman–Crippen LogP) is -0.745. The van der Waals surface area contributed by atoms with Crippen LogP contribution in [0.5, 0.6) is 0 Å². The Kier molecular flexibility index (Phi) is 4.36. The van der Waals surface area contributed by atoms with Crippen molar-refractivity contribution < 1.29 is 18.2 Å². The Morgan fingerprint density at radius 1 is 1.35 bits per heavy atom. The highest BCUT2D eigenvalue weighted by Gasteiger charge is 2.26. The summed E-state index contributed by atoms with van der Waals surface area (Å²) in [5, 5.41) is 10.7. The highest BCUT2D eigenvalue weighted by molar-refractivity contribution is 7.88. The molecule has 0 bridgehead atoms. The highest BCUT2D eigenvalue weighted by Crippen LogP contribution is 2.12. The topological polar surface area (TPSA) is 85.0 Å². The van der Waals surface area contributed by atoms with Crippen molar-refractivity contribution in [2.75, 3.05) is 32.4 Å². The third kappa shape index (κ3) is 3.75. The van der Waals surface area contributed by atoms with Gasteiger partial charge < -0.3 is 4.90 Å². The van der Waals surface area contributed by atoms with Crippen LogP contribution in [0.3, 0.4) is 0 Å². The molecule has 0 aliphatic carbocycles. The van der Waals surface area contributed by atoms with E-state index < -0.39 is 14.9 Å². The van der Waals surface area contributed by atoms with Crippen molar-refractivity contribution in [2.45, 2.75) is 6.54 Å². The number of nitro benzene ring substituents is 1. The van der Waals surface area contributed by atoms with Crippen LogP contribution in [0.25, 0.3) is 0 Å². The van der Waals surface area contributed by atoms with Gasteiger partial charge >= 0.3 is 0 Å². The summed E-state index contributed by atoms with van der Waals surface area (Å²) in [6.07, 6.45) is 1.22. The summed E-state index contributed by atoms with van der Waals surface area (Å²) in [5.74, 6) is 0. The number of sulfonamides is 1. The van der Waals surface area contributed by atoms with Crippen LogP contribution in [0.4, 0.5) is 5.69 Å². The number of benzene rings is 1. The molecule has 2 rings (SSSR count). The average Bonchev–Trinajstić information content (AvgIpc) is 2.38. The smallest absolute Gasteiger partial charge is 0.269 e. The van der Waals surface area contributed by atoms with Gasteiger partial charge in [0, 0.05) is 17.7 Å². The molecule has 1 aliphatic heterocycles. The molecule has 1 aromatic rings. The zero-order chi connectivity index (χ0) is 14.8. The number of piperazine rings is 1. The average molecular weight is 300 g/mol. The first-order valence-corrected chi connectivity index (χ1v) is 8.23. The van der Waals surface area contributed by atoms with Gasteiger partial charge in [0.2, 0.25) is 10.0 Å². The van der Waals surface area contributed by atoms with Crippen molar-refractivity contribution >= 4 is 15.7 Å². The van der Waals surface area contributed by atoms with E-state index in [4.69, 9.17) is 0 Å². The third-order valence-corrected chi connectivity index (χ3v) is 4.78. The van der Waals surface area contributed by atoms with Gasteiger partial charge in [-0.2, -0.15) is 4.31 Å². The van der Waals surface area contributed by atoms with E-state index >= 15 is 0 Å². The summed E-state index contributed by atoms with van der Waals surface area (Å²) in [7, 11) is -3.11. The first-order chi connectivity index (χ1) is 9.36. The van der Waals surface area contributed by atoms with Crippen LogP contribution in [-0.4, -0.2) is 50.1 Å². The number of quaternary nitrogens is 1. The molecule has 0 radical (unpaired) electrons. The number of nitro groups is 1. The number of nitrogens with one attached hydrogen (secondary N) is 1. The van der Waals surface area contributed by atoms with Gasteiger partial charge in [-0.25, -0.2) is 8.42 Å². The summed E-state index contributed by atoms with van der Waals surface area (Å²) >= 11 is 0. The van der Waals surface area contributed by atoms with Crippen LogP contribution in [0, 0.1) is 10.1 Å². The fraction of sp³-hybridized carbons (Fsp3) is 0.500. The van der Waals surface area contributed by atoms with Gasteiger partial charge in [0.25, 0.3) is 5.69 Å². The monoisotopic (exact) mass is 300 g/mol. The van der Waals surface area contributed by atoms with Crippen molar-refractivity contribution in [1.82, 2.24) is 4.31 Å². The van der Waals surface area contributed by atoms with Gasteiger partial charge in [-0.15, -0.1) is 0 Å². The minimum absolute atomic E-state index is 0.0941. The lowest BCUT2D eigenvalue weighted by Gasteiger charge is -2.30. The lowest BCUT2D eigenvalue weighted by Crippen LogP contribution is -3.13. The van der Waals surface area contributed by atoms with E-state index in [2.05, 4.69) is 0 Å². The highest BCUT2D eigenvalue weighted by atomic mass is 32.2. The predicted molar refractivity (Wildman–Crippen MR) is 73.9 cm³/mol. The molecule has 1 aliphatic rings. The minimum atomic E-state index is -3.11. The first kappa shape index (κ1) is 14.9. The van der Waals surface area contributed by atoms with E-state index in [1.165, 1.54) is 21.5 Å². The molecular formula is C12H18N3O4S+. The maximum Gasteiger partial charge on any atom is 0.269 e. The van der Waals surface area contributed by atoms with E-state index in [1.54, 1.807) is 12.1 Å². The fourth-order valence-corrected chi connectivity index (χ4v) is 3.23. The van der Waals surface area contributed by atoms with Crippen LogP contribution in [0.15, 0.2) is 24.3 Å². The van der Waals surface area contributed by atoms with Crippen LogP contribution in [0.1, 0.15) is 5.56 Å². The zero-order valence-corrected chi connectivity index (χ0v) is 12.1. The molecule has 1 aromatic carbocycles. The molecular weight excluding hydrogens is 282 g/mol. The summed E-state index contributed by atoms with van der Waals surface area (Å²) < 4.78 is 24.3. The molecule has 7 nitrogen and oxygen atoms in total. The van der Waals surface area contributed by atoms with Crippen molar-refractivity contribution in [2.24, 2.45) is 0 Å². The van der Waals surface area contributed by atoms with Crippen LogP contribution in [0.2, 0.25) is 0 Å². The molecule has 1 saturated heterocycles. The number of rotatable bonds is 4. The molecule has 8 heteroatoms. The largest absolute Gasteiger partial charge is 0.329 e. The number of nitrogens with zero attached hydrogens (tertiary/aromatic N) is 2. The summed E-state index contributed by atoms with van der Waals surface area (Å²) in [5.41, 5.74) is 0.999. The van der Waals surface area contributed by atoms with E-state index in [1.807, 2.05) is 6.07 Å². The Hall–Kier alpha value is -1.51. The SMILES string of the molecule is CS(=O)(=O)N1CC[NH+](Cc2cccc([N+](=O)[O-])c2)CC1. The Balaban J connectivity index is 1.96. The second-order valence-electron chi connectivity index (χ2n) is 5.02. The van der Waals surface area contributed by atoms with E-state index in [0.29, 0.717) is 19.6 Å². The molecule has 0 saturated carbocycles. The number of hydrogen-bond acceptors (Lipinski definition) is 4. The lowest BCUT2D eigenvalue weighted by atomic mass is 10.2. The molecule has 110 valence electrons. The lowest BCUT2D eigenvalue weighted by molar-refractivity contribution is -0.917. The fourth-order valence-electron chi connectivity index (χ4n) is 2.38. The van der Waals surface area contributed by atoms with Crippen molar-refractivity contribution in [1.29, 1.82) is 0 Å². The van der Waals surface area contributed by atoms with Crippen molar-refractivity contribution in [3.63, 3.8) is 0 Å². The Morgan fingerprint density at radius 2 is 2.00 bits per heavy atom. The standard InChI is InChI=1S/C12H17N3O4S/c1-20(18,19)14-7-5-13(6-8-14)10-11-3-2-4-12(9-11)15(16)17/h2-4,9H,5-8,10H2,1H3/p+1. The van der Waals surface area contributed by atoms with Gasteiger partial charge in [0.1, 0.15) is 6.54 Å². The van der Waals surface area contributed by atoms with E-state index in [0.717, 1.165) is 18.7 Å². The van der Waals surface area contributed by atoms with Gasteiger partial charge in [0.15, 0.2) is 0 Å². The van der Waals surface area contributed by atoms with Gasteiger partial charge in [-0.3, -0.25) is 10.1 Å². The molecule has 0 unspecified atom stereocenters. The summed E-state index contributed by atoms with van der Waals surface area (Å²) in [6.45, 7) is 3.12. The number of hydrogen-bond donors (Lipinski definition) is 1. The maximum atomic E-state index is 11.4. The summed E-state index contributed by atoms with van der Waals surface area (Å²) in [4.78, 5) is 11.6. The molecule has 1 N–H and O–H groups in total. The van der Waals surface area contributed by atoms with Crippen LogP contribution < -0.4 is 4.90 Å². The molecule has 1 fully saturated rings. The van der Waals surface area contributed by atoms with Crippen LogP contribution >= 0.6 is 0 Å². The van der Waals surface area contributed by atoms with Crippen LogP contribution in [-0.2, 0) is 16.6 Å². The molecule has 1 heterocycles. The Bertz CT molecular complexity index is 594. The van der Waals surface area contributed by atoms with E-state index in [9.17, 15) is 18.5 Å². The normalized spacial score (nSPS) is 18.1. The van der Waals surface area contributed by atoms with Gasteiger partial charge in [0.05, 0.1) is 37.4 Å². The summed E-state index contributed by atoms with van der Waals surface area (Å²) in [6, 6.07) is 6.60. The second kappa shape index (κ2) is 5.86. The molecule has 0 atom stereocenters. The Labute approximate surface area is 118 Å². The second-order valence-corrected chi connectivity index (χ2v) is 7.00. The van der Waals surface area contributed by atoms with Gasteiger partial charge in [-0.1, -0.05) is 12.1 Å².